The van der Waals surface area contributed by atoms with Crippen LogP contribution < -0.4 is 0 Å². The van der Waals surface area contributed by atoms with Crippen LogP contribution in [-0.2, 0) is 4.79 Å². The first-order valence-electron chi connectivity index (χ1n) is 10.5. The van der Waals surface area contributed by atoms with Gasteiger partial charge in [0.25, 0.3) is 5.91 Å². The minimum absolute atomic E-state index is 0.160. The summed E-state index contributed by atoms with van der Waals surface area (Å²) in [6, 6.07) is 10.6. The lowest BCUT2D eigenvalue weighted by Gasteiger charge is -2.32. The second-order valence-corrected chi connectivity index (χ2v) is 8.47. The van der Waals surface area contributed by atoms with Gasteiger partial charge in [0.1, 0.15) is 0 Å². The highest BCUT2D eigenvalue weighted by Gasteiger charge is 2.36. The van der Waals surface area contributed by atoms with Crippen molar-refractivity contribution in [1.29, 1.82) is 0 Å². The second kappa shape index (κ2) is 8.01. The van der Waals surface area contributed by atoms with E-state index in [1.54, 1.807) is 6.92 Å². The summed E-state index contributed by atoms with van der Waals surface area (Å²) in [5, 5.41) is 0. The zero-order valence-electron chi connectivity index (χ0n) is 16.3. The van der Waals surface area contributed by atoms with Gasteiger partial charge in [0.05, 0.1) is 0 Å². The van der Waals surface area contributed by atoms with Crippen molar-refractivity contribution >= 4 is 11.8 Å². The Bertz CT molecular complexity index is 673. The summed E-state index contributed by atoms with van der Waals surface area (Å²) < 4.78 is 0. The van der Waals surface area contributed by atoms with Gasteiger partial charge in [0.2, 0.25) is 5.91 Å². The number of likely N-dealkylation sites (tertiary alicyclic amines) is 2. The molecule has 1 aliphatic carbocycles. The Kier molecular flexibility index (Phi) is 5.48. The van der Waals surface area contributed by atoms with Gasteiger partial charge in [0.15, 0.2) is 0 Å². The van der Waals surface area contributed by atoms with Crippen molar-refractivity contribution in [2.45, 2.75) is 51.1 Å². The predicted molar refractivity (Wildman–Crippen MR) is 105 cm³/mol. The Labute approximate surface area is 162 Å². The van der Waals surface area contributed by atoms with E-state index in [0.717, 1.165) is 44.7 Å². The molecule has 1 saturated carbocycles. The summed E-state index contributed by atoms with van der Waals surface area (Å²) in [6.07, 6.45) is 5.84. The minimum Gasteiger partial charge on any atom is -0.338 e. The van der Waals surface area contributed by atoms with E-state index in [-0.39, 0.29) is 11.8 Å². The van der Waals surface area contributed by atoms with Crippen LogP contribution in [0.4, 0.5) is 0 Å². The van der Waals surface area contributed by atoms with Crippen LogP contribution in [0.3, 0.4) is 0 Å². The molecule has 2 saturated heterocycles. The summed E-state index contributed by atoms with van der Waals surface area (Å²) in [7, 11) is 0. The maximum absolute atomic E-state index is 12.7. The van der Waals surface area contributed by atoms with Crippen molar-refractivity contribution in [2.75, 3.05) is 32.7 Å². The van der Waals surface area contributed by atoms with E-state index in [9.17, 15) is 9.59 Å². The van der Waals surface area contributed by atoms with Crippen LogP contribution in [0.25, 0.3) is 0 Å². The smallest absolute Gasteiger partial charge is 0.253 e. The molecule has 2 aliphatic heterocycles. The van der Waals surface area contributed by atoms with Gasteiger partial charge in [-0.05, 0) is 56.7 Å². The Morgan fingerprint density at radius 2 is 1.85 bits per heavy atom. The molecule has 0 bridgehead atoms. The topological polar surface area (TPSA) is 43.9 Å². The van der Waals surface area contributed by atoms with Crippen molar-refractivity contribution < 1.29 is 9.59 Å². The first-order chi connectivity index (χ1) is 13.1. The molecule has 146 valence electrons. The van der Waals surface area contributed by atoms with Crippen LogP contribution in [0.1, 0.15) is 49.4 Å². The largest absolute Gasteiger partial charge is 0.338 e. The van der Waals surface area contributed by atoms with Gasteiger partial charge in [-0.2, -0.15) is 0 Å². The molecule has 2 amide bonds. The van der Waals surface area contributed by atoms with Crippen LogP contribution in [0.15, 0.2) is 30.3 Å². The van der Waals surface area contributed by atoms with Gasteiger partial charge in [-0.3, -0.25) is 14.5 Å². The second-order valence-electron chi connectivity index (χ2n) is 8.47. The average Bonchev–Trinajstić information content (AvgIpc) is 3.24. The summed E-state index contributed by atoms with van der Waals surface area (Å²) >= 11 is 0. The van der Waals surface area contributed by atoms with E-state index in [1.807, 2.05) is 35.2 Å². The van der Waals surface area contributed by atoms with E-state index < -0.39 is 0 Å². The highest BCUT2D eigenvalue weighted by molar-refractivity contribution is 5.94. The number of carbonyl (C=O) groups excluding carboxylic acids is 2. The van der Waals surface area contributed by atoms with Gasteiger partial charge in [-0.15, -0.1) is 0 Å². The molecule has 2 heterocycles. The molecule has 1 aromatic carbocycles. The average molecular weight is 370 g/mol. The third-order valence-corrected chi connectivity index (χ3v) is 6.39. The molecule has 3 aliphatic rings. The standard InChI is InChI=1S/C22H31N3O2/c1-17(26)25(20-9-10-20)16-21-8-5-12-23(21)14-18-11-13-24(15-18)22(27)19-6-3-2-4-7-19/h2-4,6-7,18,20-21H,5,8-16H2,1H3. The van der Waals surface area contributed by atoms with Crippen molar-refractivity contribution in [3.05, 3.63) is 35.9 Å². The first kappa shape index (κ1) is 18.5. The van der Waals surface area contributed by atoms with Gasteiger partial charge in [0, 0.05) is 50.7 Å². The van der Waals surface area contributed by atoms with Crippen molar-refractivity contribution in [3.8, 4) is 0 Å². The monoisotopic (exact) mass is 369 g/mol. The number of amides is 2. The lowest BCUT2D eigenvalue weighted by atomic mass is 10.1. The molecule has 5 heteroatoms. The molecule has 4 rings (SSSR count). The SMILES string of the molecule is CC(=O)N(CC1CCCN1CC1CCN(C(=O)c2ccccc2)C1)C1CC1. The Morgan fingerprint density at radius 1 is 1.07 bits per heavy atom. The molecule has 1 aromatic rings. The fraction of sp³-hybridized carbons (Fsp3) is 0.636. The van der Waals surface area contributed by atoms with Crippen LogP contribution in [0.5, 0.6) is 0 Å². The Hall–Kier alpha value is -1.88. The van der Waals surface area contributed by atoms with Gasteiger partial charge in [-0.1, -0.05) is 18.2 Å². The van der Waals surface area contributed by atoms with Crippen molar-refractivity contribution in [1.82, 2.24) is 14.7 Å². The number of carbonyl (C=O) groups is 2. The number of hydrogen-bond donors (Lipinski definition) is 0. The maximum Gasteiger partial charge on any atom is 0.253 e. The van der Waals surface area contributed by atoms with Gasteiger partial charge >= 0.3 is 0 Å². The zero-order valence-corrected chi connectivity index (χ0v) is 16.3. The van der Waals surface area contributed by atoms with Crippen LogP contribution >= 0.6 is 0 Å². The molecule has 3 fully saturated rings. The van der Waals surface area contributed by atoms with E-state index in [0.29, 0.717) is 18.0 Å². The first-order valence-corrected chi connectivity index (χ1v) is 10.5. The molecule has 0 spiro atoms. The minimum atomic E-state index is 0.160. The van der Waals surface area contributed by atoms with E-state index in [2.05, 4.69) is 9.80 Å². The summed E-state index contributed by atoms with van der Waals surface area (Å²) in [5.74, 6) is 0.933. The highest BCUT2D eigenvalue weighted by Crippen LogP contribution is 2.30. The van der Waals surface area contributed by atoms with Crippen LogP contribution in [0.2, 0.25) is 0 Å². The molecule has 2 atom stereocenters. The zero-order chi connectivity index (χ0) is 18.8. The molecule has 5 nitrogen and oxygen atoms in total. The number of rotatable bonds is 6. The fourth-order valence-corrected chi connectivity index (χ4v) is 4.75. The Balaban J connectivity index is 1.31. The van der Waals surface area contributed by atoms with Crippen molar-refractivity contribution in [3.63, 3.8) is 0 Å². The van der Waals surface area contributed by atoms with Crippen LogP contribution in [-0.4, -0.2) is 71.3 Å². The van der Waals surface area contributed by atoms with Crippen molar-refractivity contribution in [2.24, 2.45) is 5.92 Å². The predicted octanol–water partition coefficient (Wildman–Crippen LogP) is 2.62. The Morgan fingerprint density at radius 3 is 2.56 bits per heavy atom. The number of benzene rings is 1. The lowest BCUT2D eigenvalue weighted by molar-refractivity contribution is -0.130. The molecule has 27 heavy (non-hydrogen) atoms. The lowest BCUT2D eigenvalue weighted by Crippen LogP contribution is -2.45. The summed E-state index contributed by atoms with van der Waals surface area (Å²) in [6.45, 7) is 6.50. The van der Waals surface area contributed by atoms with Crippen LogP contribution in [0, 0.1) is 5.92 Å². The van der Waals surface area contributed by atoms with Gasteiger partial charge < -0.3 is 9.80 Å². The molecular weight excluding hydrogens is 338 g/mol. The van der Waals surface area contributed by atoms with E-state index in [4.69, 9.17) is 0 Å². The molecule has 0 N–H and O–H groups in total. The fourth-order valence-electron chi connectivity index (χ4n) is 4.75. The van der Waals surface area contributed by atoms with E-state index >= 15 is 0 Å². The molecular formula is C22H31N3O2. The van der Waals surface area contributed by atoms with E-state index in [1.165, 1.54) is 25.7 Å². The highest BCUT2D eigenvalue weighted by atomic mass is 16.2. The summed E-state index contributed by atoms with van der Waals surface area (Å²) in [5.41, 5.74) is 0.790. The maximum atomic E-state index is 12.7. The molecule has 0 radical (unpaired) electrons. The normalized spacial score (nSPS) is 25.7. The van der Waals surface area contributed by atoms with Gasteiger partial charge in [-0.25, -0.2) is 0 Å². The molecule has 0 aromatic heterocycles. The molecule has 2 unspecified atom stereocenters. The number of nitrogens with zero attached hydrogens (tertiary/aromatic N) is 3. The third-order valence-electron chi connectivity index (χ3n) is 6.39. The number of hydrogen-bond acceptors (Lipinski definition) is 3. The third kappa shape index (κ3) is 4.34. The summed E-state index contributed by atoms with van der Waals surface area (Å²) in [4.78, 5) is 31.3. The quantitative estimate of drug-likeness (QED) is 0.774.